The van der Waals surface area contributed by atoms with Gasteiger partial charge in [-0.1, -0.05) is 92.7 Å². The van der Waals surface area contributed by atoms with Crippen LogP contribution >= 0.6 is 0 Å². The zero-order chi connectivity index (χ0) is 25.2. The van der Waals surface area contributed by atoms with Crippen LogP contribution in [0, 0.1) is 5.92 Å². The monoisotopic (exact) mass is 471 g/mol. The lowest BCUT2D eigenvalue weighted by molar-refractivity contribution is -0.130. The molecule has 4 N–H and O–H groups in total. The van der Waals surface area contributed by atoms with E-state index in [1.807, 2.05) is 44.2 Å². The Kier molecular flexibility index (Phi) is 9.18. The van der Waals surface area contributed by atoms with E-state index in [-0.39, 0.29) is 24.8 Å². The van der Waals surface area contributed by atoms with Crippen molar-refractivity contribution in [1.82, 2.24) is 10.6 Å². The van der Waals surface area contributed by atoms with Gasteiger partial charge in [-0.25, -0.2) is 0 Å². The van der Waals surface area contributed by atoms with Gasteiger partial charge in [-0.15, -0.1) is 0 Å². The Bertz CT molecular complexity index is 1120. The second kappa shape index (κ2) is 12.5. The Morgan fingerprint density at radius 1 is 0.771 bits per heavy atom. The van der Waals surface area contributed by atoms with Crippen LogP contribution in [0.5, 0.6) is 0 Å². The molecule has 6 nitrogen and oxygen atoms in total. The maximum absolute atomic E-state index is 12.5. The van der Waals surface area contributed by atoms with Crippen LogP contribution in [0.2, 0.25) is 0 Å². The van der Waals surface area contributed by atoms with Gasteiger partial charge in [0, 0.05) is 6.42 Å². The molecule has 3 amide bonds. The van der Waals surface area contributed by atoms with Crippen LogP contribution in [0.25, 0.3) is 22.3 Å². The molecule has 0 saturated heterocycles. The van der Waals surface area contributed by atoms with Gasteiger partial charge in [-0.3, -0.25) is 14.4 Å². The van der Waals surface area contributed by atoms with Gasteiger partial charge >= 0.3 is 0 Å². The molecule has 1 atom stereocenters. The lowest BCUT2D eigenvalue weighted by Crippen LogP contribution is -2.49. The van der Waals surface area contributed by atoms with Gasteiger partial charge < -0.3 is 16.4 Å². The number of hydrogen-bond acceptors (Lipinski definition) is 3. The fourth-order valence-corrected chi connectivity index (χ4v) is 3.87. The molecule has 0 fully saturated rings. The maximum Gasteiger partial charge on any atom is 0.243 e. The first-order chi connectivity index (χ1) is 16.8. The SMILES string of the molecule is CC(C)CC(NC(=O)CCc1ccc(-c2ccc(-c3ccccc3)cc2)cc1)C(=O)NCC(N)=O. The predicted octanol–water partition coefficient (Wildman–Crippen LogP) is 4.09. The minimum Gasteiger partial charge on any atom is -0.368 e. The van der Waals surface area contributed by atoms with Crippen molar-refractivity contribution in [2.45, 2.75) is 39.2 Å². The summed E-state index contributed by atoms with van der Waals surface area (Å²) in [5, 5.41) is 5.27. The normalized spacial score (nSPS) is 11.6. The van der Waals surface area contributed by atoms with E-state index in [1.54, 1.807) is 0 Å². The highest BCUT2D eigenvalue weighted by Crippen LogP contribution is 2.25. The third kappa shape index (κ3) is 8.10. The summed E-state index contributed by atoms with van der Waals surface area (Å²) in [5.74, 6) is -1.02. The molecule has 0 aliphatic heterocycles. The zero-order valence-corrected chi connectivity index (χ0v) is 20.3. The van der Waals surface area contributed by atoms with E-state index in [1.165, 1.54) is 11.1 Å². The molecule has 35 heavy (non-hydrogen) atoms. The van der Waals surface area contributed by atoms with E-state index >= 15 is 0 Å². The van der Waals surface area contributed by atoms with Gasteiger partial charge in [0.15, 0.2) is 0 Å². The first kappa shape index (κ1) is 25.7. The van der Waals surface area contributed by atoms with Crippen molar-refractivity contribution in [3.05, 3.63) is 84.4 Å². The molecule has 0 aliphatic carbocycles. The molecule has 0 aliphatic rings. The van der Waals surface area contributed by atoms with Gasteiger partial charge in [0.2, 0.25) is 17.7 Å². The highest BCUT2D eigenvalue weighted by molar-refractivity contribution is 5.90. The molecule has 1 unspecified atom stereocenters. The molecule has 0 bridgehead atoms. The number of carbonyl (C=O) groups is 3. The predicted molar refractivity (Wildman–Crippen MR) is 139 cm³/mol. The Hall–Kier alpha value is -3.93. The van der Waals surface area contributed by atoms with E-state index in [0.717, 1.165) is 16.7 Å². The summed E-state index contributed by atoms with van der Waals surface area (Å²) in [6.45, 7) is 3.69. The summed E-state index contributed by atoms with van der Waals surface area (Å²) in [4.78, 5) is 35.8. The van der Waals surface area contributed by atoms with E-state index in [9.17, 15) is 14.4 Å². The number of benzene rings is 3. The van der Waals surface area contributed by atoms with E-state index in [4.69, 9.17) is 5.73 Å². The number of nitrogens with two attached hydrogens (primary N) is 1. The van der Waals surface area contributed by atoms with Crippen molar-refractivity contribution >= 4 is 17.7 Å². The lowest BCUT2D eigenvalue weighted by Gasteiger charge is -2.20. The van der Waals surface area contributed by atoms with Crippen molar-refractivity contribution in [2.75, 3.05) is 6.54 Å². The standard InChI is InChI=1S/C29H33N3O3/c1-20(2)18-26(29(35)31-19-27(30)33)32-28(34)17-10-21-8-11-23(12-9-21)25-15-13-24(14-16-25)22-6-4-3-5-7-22/h3-9,11-16,20,26H,10,17-19H2,1-2H3,(H2,30,33)(H,31,35)(H,32,34). The number of rotatable bonds is 11. The number of primary amides is 1. The zero-order valence-electron chi connectivity index (χ0n) is 20.3. The Labute approximate surface area is 206 Å². The number of aryl methyl sites for hydroxylation is 1. The minimum atomic E-state index is -0.692. The molecule has 3 aromatic rings. The molecule has 6 heteroatoms. The Morgan fingerprint density at radius 3 is 1.80 bits per heavy atom. The molecule has 0 saturated carbocycles. The maximum atomic E-state index is 12.5. The van der Waals surface area contributed by atoms with Crippen LogP contribution in [0.3, 0.4) is 0 Å². The topological polar surface area (TPSA) is 101 Å². The molecule has 0 heterocycles. The smallest absolute Gasteiger partial charge is 0.243 e. The average Bonchev–Trinajstić information content (AvgIpc) is 2.86. The van der Waals surface area contributed by atoms with E-state index in [0.29, 0.717) is 12.8 Å². The molecule has 3 rings (SSSR count). The van der Waals surface area contributed by atoms with Gasteiger partial charge in [0.1, 0.15) is 6.04 Å². The highest BCUT2D eigenvalue weighted by atomic mass is 16.2. The number of amides is 3. The molecular weight excluding hydrogens is 438 g/mol. The summed E-state index contributed by atoms with van der Waals surface area (Å²) in [7, 11) is 0. The summed E-state index contributed by atoms with van der Waals surface area (Å²) in [6.07, 6.45) is 1.31. The summed E-state index contributed by atoms with van der Waals surface area (Å²) in [5.41, 5.74) is 10.7. The minimum absolute atomic E-state index is 0.203. The highest BCUT2D eigenvalue weighted by Gasteiger charge is 2.22. The van der Waals surface area contributed by atoms with Crippen molar-refractivity contribution in [3.8, 4) is 22.3 Å². The van der Waals surface area contributed by atoms with Crippen LogP contribution < -0.4 is 16.4 Å². The van der Waals surface area contributed by atoms with Crippen molar-refractivity contribution < 1.29 is 14.4 Å². The van der Waals surface area contributed by atoms with E-state index < -0.39 is 17.9 Å². The van der Waals surface area contributed by atoms with Gasteiger partial charge in [-0.2, -0.15) is 0 Å². The first-order valence-electron chi connectivity index (χ1n) is 11.9. The fourth-order valence-electron chi connectivity index (χ4n) is 3.87. The molecular formula is C29H33N3O3. The molecule has 0 spiro atoms. The average molecular weight is 472 g/mol. The lowest BCUT2D eigenvalue weighted by atomic mass is 9.99. The van der Waals surface area contributed by atoms with Crippen molar-refractivity contribution in [3.63, 3.8) is 0 Å². The third-order valence-electron chi connectivity index (χ3n) is 5.72. The summed E-state index contributed by atoms with van der Waals surface area (Å²) >= 11 is 0. The van der Waals surface area contributed by atoms with E-state index in [2.05, 4.69) is 59.2 Å². The molecule has 0 aromatic heterocycles. The molecule has 182 valence electrons. The second-order valence-corrected chi connectivity index (χ2v) is 9.07. The van der Waals surface area contributed by atoms with Gasteiger partial charge in [0.05, 0.1) is 6.54 Å². The summed E-state index contributed by atoms with van der Waals surface area (Å²) < 4.78 is 0. The number of nitrogens with one attached hydrogen (secondary N) is 2. The second-order valence-electron chi connectivity index (χ2n) is 9.07. The molecule has 0 radical (unpaired) electrons. The summed E-state index contributed by atoms with van der Waals surface area (Å²) in [6, 6.07) is 26.2. The van der Waals surface area contributed by atoms with Crippen LogP contribution in [-0.2, 0) is 20.8 Å². The van der Waals surface area contributed by atoms with Crippen LogP contribution in [0.1, 0.15) is 32.3 Å². The van der Waals surface area contributed by atoms with Crippen LogP contribution in [-0.4, -0.2) is 30.3 Å². The van der Waals surface area contributed by atoms with Gasteiger partial charge in [0.25, 0.3) is 0 Å². The quantitative estimate of drug-likeness (QED) is 0.393. The van der Waals surface area contributed by atoms with Crippen molar-refractivity contribution in [1.29, 1.82) is 0 Å². The largest absolute Gasteiger partial charge is 0.368 e. The number of hydrogen-bond donors (Lipinski definition) is 3. The Morgan fingerprint density at radius 2 is 1.29 bits per heavy atom. The van der Waals surface area contributed by atoms with Crippen molar-refractivity contribution in [2.24, 2.45) is 11.7 Å². The molecule has 3 aromatic carbocycles. The first-order valence-corrected chi connectivity index (χ1v) is 11.9. The Balaban J connectivity index is 1.54. The number of carbonyl (C=O) groups excluding carboxylic acids is 3. The third-order valence-corrected chi connectivity index (χ3v) is 5.72. The van der Waals surface area contributed by atoms with Crippen LogP contribution in [0.15, 0.2) is 78.9 Å². The van der Waals surface area contributed by atoms with Gasteiger partial charge in [-0.05, 0) is 46.6 Å². The fraction of sp³-hybridized carbons (Fsp3) is 0.276. The van der Waals surface area contributed by atoms with Crippen LogP contribution in [0.4, 0.5) is 0 Å².